The number of rotatable bonds is 5. The minimum atomic E-state index is -0.294. The van der Waals surface area contributed by atoms with Crippen LogP contribution in [0.2, 0.25) is 5.02 Å². The number of halogens is 2. The molecule has 0 aromatic heterocycles. The molecule has 0 aliphatic heterocycles. The maximum atomic E-state index is 13.7. The molecule has 106 valence electrons. The Hall–Kier alpha value is -1.58. The van der Waals surface area contributed by atoms with E-state index in [0.29, 0.717) is 17.1 Å². The standard InChI is InChI=1S/C16H17ClFNO/c1-11(12-6-3-4-9-16(12)20-2)19-10-13-14(17)7-5-8-15(13)18/h3-9,11,19H,10H2,1-2H3/t11-/m1/s1. The van der Waals surface area contributed by atoms with Crippen LogP contribution in [0, 0.1) is 5.82 Å². The summed E-state index contributed by atoms with van der Waals surface area (Å²) in [5.74, 6) is 0.518. The Morgan fingerprint density at radius 3 is 2.65 bits per heavy atom. The lowest BCUT2D eigenvalue weighted by molar-refractivity contribution is 0.401. The second kappa shape index (κ2) is 6.73. The summed E-state index contributed by atoms with van der Waals surface area (Å²) in [6.45, 7) is 2.37. The van der Waals surface area contributed by atoms with Gasteiger partial charge in [0.1, 0.15) is 11.6 Å². The van der Waals surface area contributed by atoms with Crippen LogP contribution in [0.4, 0.5) is 4.39 Å². The van der Waals surface area contributed by atoms with E-state index in [1.807, 2.05) is 31.2 Å². The van der Waals surface area contributed by atoms with E-state index in [4.69, 9.17) is 16.3 Å². The van der Waals surface area contributed by atoms with Gasteiger partial charge in [-0.25, -0.2) is 4.39 Å². The highest BCUT2D eigenvalue weighted by Gasteiger charge is 2.12. The van der Waals surface area contributed by atoms with Crippen molar-refractivity contribution in [2.24, 2.45) is 0 Å². The zero-order chi connectivity index (χ0) is 14.5. The molecule has 0 heterocycles. The number of nitrogens with one attached hydrogen (secondary N) is 1. The summed E-state index contributed by atoms with van der Waals surface area (Å²) in [5, 5.41) is 3.70. The SMILES string of the molecule is COc1ccccc1[C@@H](C)NCc1c(F)cccc1Cl. The lowest BCUT2D eigenvalue weighted by atomic mass is 10.1. The van der Waals surface area contributed by atoms with Crippen LogP contribution in [0.15, 0.2) is 42.5 Å². The Kier molecular flexibility index (Phi) is 4.99. The summed E-state index contributed by atoms with van der Waals surface area (Å²) in [6.07, 6.45) is 0. The molecule has 0 fully saturated rings. The van der Waals surface area contributed by atoms with Crippen molar-refractivity contribution in [3.05, 3.63) is 64.4 Å². The summed E-state index contributed by atoms with van der Waals surface area (Å²) in [4.78, 5) is 0. The molecule has 0 unspecified atom stereocenters. The molecule has 1 N–H and O–H groups in total. The highest BCUT2D eigenvalue weighted by atomic mass is 35.5. The van der Waals surface area contributed by atoms with Crippen molar-refractivity contribution in [2.45, 2.75) is 19.5 Å². The Morgan fingerprint density at radius 1 is 1.20 bits per heavy atom. The van der Waals surface area contributed by atoms with Gasteiger partial charge >= 0.3 is 0 Å². The predicted octanol–water partition coefficient (Wildman–Crippen LogP) is 4.34. The average molecular weight is 294 g/mol. The normalized spacial score (nSPS) is 12.2. The quantitative estimate of drug-likeness (QED) is 0.885. The summed E-state index contributed by atoms with van der Waals surface area (Å²) < 4.78 is 19.0. The van der Waals surface area contributed by atoms with Gasteiger partial charge in [0.15, 0.2) is 0 Å². The molecular formula is C16H17ClFNO. The van der Waals surface area contributed by atoms with Crippen molar-refractivity contribution in [1.82, 2.24) is 5.32 Å². The molecule has 0 amide bonds. The van der Waals surface area contributed by atoms with E-state index in [9.17, 15) is 4.39 Å². The van der Waals surface area contributed by atoms with Gasteiger partial charge in [0.2, 0.25) is 0 Å². The van der Waals surface area contributed by atoms with Gasteiger partial charge in [-0.1, -0.05) is 35.9 Å². The van der Waals surface area contributed by atoms with Crippen LogP contribution >= 0.6 is 11.6 Å². The molecule has 0 spiro atoms. The van der Waals surface area contributed by atoms with E-state index in [-0.39, 0.29) is 11.9 Å². The van der Waals surface area contributed by atoms with E-state index < -0.39 is 0 Å². The highest BCUT2D eigenvalue weighted by Crippen LogP contribution is 2.25. The van der Waals surface area contributed by atoms with Crippen molar-refractivity contribution in [3.8, 4) is 5.75 Å². The fraction of sp³-hybridized carbons (Fsp3) is 0.250. The molecule has 0 saturated carbocycles. The smallest absolute Gasteiger partial charge is 0.129 e. The molecule has 0 saturated heterocycles. The fourth-order valence-corrected chi connectivity index (χ4v) is 2.32. The summed E-state index contributed by atoms with van der Waals surface area (Å²) in [7, 11) is 1.64. The van der Waals surface area contributed by atoms with E-state index in [2.05, 4.69) is 5.32 Å². The topological polar surface area (TPSA) is 21.3 Å². The number of methoxy groups -OCH3 is 1. The second-order valence-corrected chi connectivity index (χ2v) is 4.95. The van der Waals surface area contributed by atoms with Crippen LogP contribution in [0.1, 0.15) is 24.1 Å². The molecule has 0 aliphatic rings. The monoisotopic (exact) mass is 293 g/mol. The summed E-state index contributed by atoms with van der Waals surface area (Å²) in [5.41, 5.74) is 1.51. The first-order valence-corrected chi connectivity index (χ1v) is 6.80. The van der Waals surface area contributed by atoms with Gasteiger partial charge in [0.05, 0.1) is 7.11 Å². The van der Waals surface area contributed by atoms with E-state index >= 15 is 0 Å². The Labute approximate surface area is 123 Å². The zero-order valence-electron chi connectivity index (χ0n) is 11.5. The maximum Gasteiger partial charge on any atom is 0.129 e. The van der Waals surface area contributed by atoms with Crippen LogP contribution in [0.25, 0.3) is 0 Å². The van der Waals surface area contributed by atoms with Crippen molar-refractivity contribution in [3.63, 3.8) is 0 Å². The Bertz CT molecular complexity index is 568. The van der Waals surface area contributed by atoms with Crippen molar-refractivity contribution >= 4 is 11.6 Å². The third-order valence-electron chi connectivity index (χ3n) is 3.25. The van der Waals surface area contributed by atoms with E-state index in [1.165, 1.54) is 6.07 Å². The van der Waals surface area contributed by atoms with Gasteiger partial charge in [-0.15, -0.1) is 0 Å². The molecule has 20 heavy (non-hydrogen) atoms. The van der Waals surface area contributed by atoms with Crippen LogP contribution in [0.3, 0.4) is 0 Å². The van der Waals surface area contributed by atoms with Gasteiger partial charge in [-0.3, -0.25) is 0 Å². The maximum absolute atomic E-state index is 13.7. The van der Waals surface area contributed by atoms with Crippen LogP contribution < -0.4 is 10.1 Å². The summed E-state index contributed by atoms with van der Waals surface area (Å²) in [6, 6.07) is 12.5. The molecule has 2 nitrogen and oxygen atoms in total. The van der Waals surface area contributed by atoms with E-state index in [0.717, 1.165) is 11.3 Å². The summed E-state index contributed by atoms with van der Waals surface area (Å²) >= 11 is 6.01. The van der Waals surface area contributed by atoms with Crippen LogP contribution in [-0.2, 0) is 6.54 Å². The number of hydrogen-bond donors (Lipinski definition) is 1. The highest BCUT2D eigenvalue weighted by molar-refractivity contribution is 6.31. The zero-order valence-corrected chi connectivity index (χ0v) is 12.2. The number of benzene rings is 2. The molecular weight excluding hydrogens is 277 g/mol. The largest absolute Gasteiger partial charge is 0.496 e. The van der Waals surface area contributed by atoms with E-state index in [1.54, 1.807) is 19.2 Å². The second-order valence-electron chi connectivity index (χ2n) is 4.54. The van der Waals surface area contributed by atoms with Gasteiger partial charge in [0, 0.05) is 28.7 Å². The van der Waals surface area contributed by atoms with Crippen molar-refractivity contribution in [2.75, 3.05) is 7.11 Å². The van der Waals surface area contributed by atoms with Crippen LogP contribution in [0.5, 0.6) is 5.75 Å². The molecule has 0 radical (unpaired) electrons. The average Bonchev–Trinajstić information content (AvgIpc) is 2.46. The number of hydrogen-bond acceptors (Lipinski definition) is 2. The van der Waals surface area contributed by atoms with Gasteiger partial charge in [-0.05, 0) is 25.1 Å². The number of ether oxygens (including phenoxy) is 1. The number of para-hydroxylation sites is 1. The first-order chi connectivity index (χ1) is 9.63. The van der Waals surface area contributed by atoms with Gasteiger partial charge in [-0.2, -0.15) is 0 Å². The molecule has 2 rings (SSSR count). The predicted molar refractivity (Wildman–Crippen MR) is 79.7 cm³/mol. The van der Waals surface area contributed by atoms with Gasteiger partial charge in [0.25, 0.3) is 0 Å². The minimum absolute atomic E-state index is 0.0295. The Morgan fingerprint density at radius 2 is 1.95 bits per heavy atom. The molecule has 2 aromatic carbocycles. The molecule has 0 bridgehead atoms. The van der Waals surface area contributed by atoms with Crippen molar-refractivity contribution < 1.29 is 9.13 Å². The first kappa shape index (κ1) is 14.8. The minimum Gasteiger partial charge on any atom is -0.496 e. The third kappa shape index (κ3) is 3.30. The Balaban J connectivity index is 2.11. The van der Waals surface area contributed by atoms with Crippen LogP contribution in [-0.4, -0.2) is 7.11 Å². The molecule has 2 aromatic rings. The van der Waals surface area contributed by atoms with Gasteiger partial charge < -0.3 is 10.1 Å². The third-order valence-corrected chi connectivity index (χ3v) is 3.61. The molecule has 1 atom stereocenters. The molecule has 4 heteroatoms. The lowest BCUT2D eigenvalue weighted by Gasteiger charge is -2.18. The lowest BCUT2D eigenvalue weighted by Crippen LogP contribution is -2.19. The first-order valence-electron chi connectivity index (χ1n) is 6.42. The van der Waals surface area contributed by atoms with Crippen molar-refractivity contribution in [1.29, 1.82) is 0 Å². The fourth-order valence-electron chi connectivity index (χ4n) is 2.09. The molecule has 0 aliphatic carbocycles.